The molecule has 2 atom stereocenters. The fourth-order valence-electron chi connectivity index (χ4n) is 4.67. The van der Waals surface area contributed by atoms with E-state index in [1.165, 1.54) is 39.3 Å². The summed E-state index contributed by atoms with van der Waals surface area (Å²) in [6, 6.07) is 15.9. The van der Waals surface area contributed by atoms with Crippen molar-refractivity contribution < 1.29 is 8.78 Å². The van der Waals surface area contributed by atoms with E-state index < -0.39 is 11.6 Å². The second kappa shape index (κ2) is 11.3. The molecule has 2 aromatic heterocycles. The molecule has 2 aromatic carbocycles. The Bertz CT molecular complexity index is 1240. The third-order valence-corrected chi connectivity index (χ3v) is 7.86. The molecule has 3 N–H and O–H groups in total. The van der Waals surface area contributed by atoms with Crippen LogP contribution in [0.2, 0.25) is 0 Å². The zero-order chi connectivity index (χ0) is 24.9. The molecule has 0 spiro atoms. The molecule has 6 heteroatoms. The normalized spacial score (nSPS) is 13.2. The van der Waals surface area contributed by atoms with Gasteiger partial charge in [-0.3, -0.25) is 0 Å². The summed E-state index contributed by atoms with van der Waals surface area (Å²) >= 11 is 1.75. The first kappa shape index (κ1) is 25.3. The van der Waals surface area contributed by atoms with Crippen molar-refractivity contribution in [3.05, 3.63) is 111 Å². The van der Waals surface area contributed by atoms with Gasteiger partial charge in [-0.15, -0.1) is 11.3 Å². The van der Waals surface area contributed by atoms with Crippen LogP contribution in [0.15, 0.2) is 67.0 Å². The third-order valence-electron chi connectivity index (χ3n) is 6.63. The van der Waals surface area contributed by atoms with Crippen LogP contribution in [-0.4, -0.2) is 17.2 Å². The number of halogens is 2. The van der Waals surface area contributed by atoms with Gasteiger partial charge in [-0.1, -0.05) is 31.2 Å². The molecule has 2 unspecified atom stereocenters. The minimum atomic E-state index is -0.576. The Balaban J connectivity index is 1.64. The zero-order valence-corrected chi connectivity index (χ0v) is 21.3. The minimum Gasteiger partial charge on any atom is -0.327 e. The Morgan fingerprint density at radius 1 is 0.943 bits per heavy atom. The lowest BCUT2D eigenvalue weighted by Gasteiger charge is -2.27. The lowest BCUT2D eigenvalue weighted by molar-refractivity contribution is 0.483. The molecule has 0 fully saturated rings. The van der Waals surface area contributed by atoms with E-state index in [4.69, 9.17) is 5.73 Å². The van der Waals surface area contributed by atoms with E-state index in [0.717, 1.165) is 24.0 Å². The van der Waals surface area contributed by atoms with Crippen molar-refractivity contribution in [1.29, 1.82) is 0 Å². The highest BCUT2D eigenvalue weighted by atomic mass is 32.1. The highest BCUT2D eigenvalue weighted by Gasteiger charge is 2.28. The number of aryl methyl sites for hydroxylation is 2. The molecule has 35 heavy (non-hydrogen) atoms. The maximum atomic E-state index is 13.9. The zero-order valence-electron chi connectivity index (χ0n) is 20.5. The summed E-state index contributed by atoms with van der Waals surface area (Å²) in [5.74, 6) is -1.19. The molecule has 0 saturated heterocycles. The van der Waals surface area contributed by atoms with E-state index >= 15 is 0 Å². The molecule has 0 bridgehead atoms. The van der Waals surface area contributed by atoms with Gasteiger partial charge in [-0.2, -0.15) is 0 Å². The standard InChI is InChI=1S/C29H33F2N3S/c1-4-21-8-7-9-22(12-21)17-33-18-26(27(32)15-23-13-24(30)16-25(31)14-23)28-19(2)20(3)35-29(28)34-10-5-6-11-34/h5-14,16,26-27,33H,4,15,17-18,32H2,1-3H3. The van der Waals surface area contributed by atoms with E-state index in [-0.39, 0.29) is 12.0 Å². The van der Waals surface area contributed by atoms with Gasteiger partial charge in [0, 0.05) is 48.4 Å². The van der Waals surface area contributed by atoms with Gasteiger partial charge in [0.1, 0.15) is 16.6 Å². The highest BCUT2D eigenvalue weighted by Crippen LogP contribution is 2.38. The first-order chi connectivity index (χ1) is 16.9. The summed E-state index contributed by atoms with van der Waals surface area (Å²) in [4.78, 5) is 1.24. The van der Waals surface area contributed by atoms with Gasteiger partial charge in [0.15, 0.2) is 0 Å². The van der Waals surface area contributed by atoms with Gasteiger partial charge in [0.25, 0.3) is 0 Å². The Morgan fingerprint density at radius 3 is 2.31 bits per heavy atom. The Labute approximate surface area is 210 Å². The van der Waals surface area contributed by atoms with Crippen molar-refractivity contribution >= 4 is 11.3 Å². The average molecular weight is 494 g/mol. The summed E-state index contributed by atoms with van der Waals surface area (Å²) in [7, 11) is 0. The SMILES string of the molecule is CCc1cccc(CNCC(c2c(-n3cccc3)sc(C)c2C)C(N)Cc2cc(F)cc(F)c2)c1. The number of aromatic nitrogens is 1. The second-order valence-electron chi connectivity index (χ2n) is 9.15. The van der Waals surface area contributed by atoms with Gasteiger partial charge in [0.2, 0.25) is 0 Å². The molecule has 2 heterocycles. The predicted molar refractivity (Wildman–Crippen MR) is 141 cm³/mol. The Kier molecular flexibility index (Phi) is 8.16. The lowest BCUT2D eigenvalue weighted by Crippen LogP contribution is -2.37. The van der Waals surface area contributed by atoms with Crippen LogP contribution < -0.4 is 11.1 Å². The number of nitrogens with zero attached hydrogens (tertiary/aromatic N) is 1. The number of thiophene rings is 1. The summed E-state index contributed by atoms with van der Waals surface area (Å²) in [6.45, 7) is 7.81. The quantitative estimate of drug-likeness (QED) is 0.267. The molecule has 3 nitrogen and oxygen atoms in total. The van der Waals surface area contributed by atoms with E-state index in [1.54, 1.807) is 11.3 Å². The summed E-state index contributed by atoms with van der Waals surface area (Å²) in [6.07, 6.45) is 5.47. The lowest BCUT2D eigenvalue weighted by atomic mass is 9.86. The van der Waals surface area contributed by atoms with Crippen molar-refractivity contribution in [2.45, 2.75) is 52.1 Å². The molecule has 0 radical (unpaired) electrons. The van der Waals surface area contributed by atoms with E-state index in [0.29, 0.717) is 18.5 Å². The highest BCUT2D eigenvalue weighted by molar-refractivity contribution is 7.14. The summed E-state index contributed by atoms with van der Waals surface area (Å²) in [5.41, 5.74) is 12.3. The van der Waals surface area contributed by atoms with Crippen molar-refractivity contribution in [1.82, 2.24) is 9.88 Å². The van der Waals surface area contributed by atoms with Crippen molar-refractivity contribution in [2.24, 2.45) is 5.73 Å². The van der Waals surface area contributed by atoms with Crippen LogP contribution in [0.4, 0.5) is 8.78 Å². The number of rotatable bonds is 10. The van der Waals surface area contributed by atoms with E-state index in [9.17, 15) is 8.78 Å². The van der Waals surface area contributed by atoms with Crippen LogP contribution in [0, 0.1) is 25.5 Å². The van der Waals surface area contributed by atoms with E-state index in [1.807, 2.05) is 24.5 Å². The van der Waals surface area contributed by atoms with Crippen molar-refractivity contribution in [3.63, 3.8) is 0 Å². The fraction of sp³-hybridized carbons (Fsp3) is 0.310. The third kappa shape index (κ3) is 6.07. The maximum Gasteiger partial charge on any atom is 0.126 e. The van der Waals surface area contributed by atoms with Gasteiger partial charge >= 0.3 is 0 Å². The van der Waals surface area contributed by atoms with E-state index in [2.05, 4.69) is 54.9 Å². The topological polar surface area (TPSA) is 43.0 Å². The Morgan fingerprint density at radius 2 is 1.63 bits per heavy atom. The molecule has 0 amide bonds. The number of nitrogens with two attached hydrogens (primary N) is 1. The molecule has 4 rings (SSSR count). The number of hydrogen-bond acceptors (Lipinski definition) is 3. The van der Waals surface area contributed by atoms with Gasteiger partial charge in [-0.25, -0.2) is 8.78 Å². The smallest absolute Gasteiger partial charge is 0.126 e. The van der Waals surface area contributed by atoms with Crippen LogP contribution in [0.3, 0.4) is 0 Å². The number of nitrogens with one attached hydrogen (secondary N) is 1. The maximum absolute atomic E-state index is 13.9. The Hall–Kier alpha value is -2.80. The molecule has 0 aliphatic rings. The van der Waals surface area contributed by atoms with Crippen molar-refractivity contribution in [3.8, 4) is 5.00 Å². The van der Waals surface area contributed by atoms with Crippen LogP contribution >= 0.6 is 11.3 Å². The van der Waals surface area contributed by atoms with Gasteiger partial charge in [-0.05, 0) is 78.8 Å². The molecule has 0 aliphatic carbocycles. The number of hydrogen-bond donors (Lipinski definition) is 2. The fourth-order valence-corrected chi connectivity index (χ4v) is 5.86. The molecule has 184 valence electrons. The van der Waals surface area contributed by atoms with Crippen molar-refractivity contribution in [2.75, 3.05) is 6.54 Å². The first-order valence-electron chi connectivity index (χ1n) is 12.1. The monoisotopic (exact) mass is 493 g/mol. The molecule has 4 aromatic rings. The minimum absolute atomic E-state index is 0.0435. The second-order valence-corrected chi connectivity index (χ2v) is 10.4. The first-order valence-corrected chi connectivity index (χ1v) is 12.9. The average Bonchev–Trinajstić information content (AvgIpc) is 3.45. The predicted octanol–water partition coefficient (Wildman–Crippen LogP) is 6.44. The van der Waals surface area contributed by atoms with Crippen LogP contribution in [0.25, 0.3) is 5.00 Å². The summed E-state index contributed by atoms with van der Waals surface area (Å²) < 4.78 is 29.9. The van der Waals surface area contributed by atoms with Crippen LogP contribution in [0.5, 0.6) is 0 Å². The molecule has 0 aliphatic heterocycles. The molecule has 0 saturated carbocycles. The van der Waals surface area contributed by atoms with Crippen LogP contribution in [0.1, 0.15) is 45.5 Å². The van der Waals surface area contributed by atoms with Gasteiger partial charge < -0.3 is 15.6 Å². The summed E-state index contributed by atoms with van der Waals surface area (Å²) in [5, 5.41) is 4.76. The number of benzene rings is 2. The largest absolute Gasteiger partial charge is 0.327 e. The van der Waals surface area contributed by atoms with Crippen LogP contribution in [-0.2, 0) is 19.4 Å². The molecular formula is C29H33F2N3S. The molecular weight excluding hydrogens is 460 g/mol. The van der Waals surface area contributed by atoms with Gasteiger partial charge in [0.05, 0.1) is 0 Å².